The standard InChI is InChI=1S/C11H14N2O3/c14-8-10(15)7-13-11(16)4-3-9-2-1-5-12-6-9/h1-6,10,14-15H,7-8H2,(H,13,16)/b4-3+. The lowest BCUT2D eigenvalue weighted by molar-refractivity contribution is -0.117. The maximum Gasteiger partial charge on any atom is 0.244 e. The molecule has 1 aromatic rings. The number of aliphatic hydroxyl groups excluding tert-OH is 2. The van der Waals surface area contributed by atoms with Gasteiger partial charge in [-0.05, 0) is 17.7 Å². The van der Waals surface area contributed by atoms with E-state index in [9.17, 15) is 4.79 Å². The van der Waals surface area contributed by atoms with Crippen LogP contribution in [0.3, 0.4) is 0 Å². The second-order valence-electron chi connectivity index (χ2n) is 3.20. The van der Waals surface area contributed by atoms with Gasteiger partial charge < -0.3 is 15.5 Å². The highest BCUT2D eigenvalue weighted by atomic mass is 16.3. The van der Waals surface area contributed by atoms with Gasteiger partial charge in [-0.1, -0.05) is 6.07 Å². The van der Waals surface area contributed by atoms with Crippen LogP contribution >= 0.6 is 0 Å². The fourth-order valence-electron chi connectivity index (χ4n) is 0.988. The van der Waals surface area contributed by atoms with Crippen molar-refractivity contribution < 1.29 is 15.0 Å². The predicted octanol–water partition coefficient (Wildman–Crippen LogP) is -0.436. The van der Waals surface area contributed by atoms with Crippen molar-refractivity contribution in [3.8, 4) is 0 Å². The third-order valence-corrected chi connectivity index (χ3v) is 1.83. The predicted molar refractivity (Wildman–Crippen MR) is 59.4 cm³/mol. The number of aliphatic hydroxyl groups is 2. The van der Waals surface area contributed by atoms with Gasteiger partial charge in [0.15, 0.2) is 0 Å². The largest absolute Gasteiger partial charge is 0.394 e. The van der Waals surface area contributed by atoms with Crippen molar-refractivity contribution in [2.24, 2.45) is 0 Å². The van der Waals surface area contributed by atoms with E-state index in [0.29, 0.717) is 0 Å². The summed E-state index contributed by atoms with van der Waals surface area (Å²) in [6.45, 7) is -0.334. The van der Waals surface area contributed by atoms with Crippen LogP contribution in [0.25, 0.3) is 6.08 Å². The molecule has 0 bridgehead atoms. The molecule has 1 aromatic heterocycles. The van der Waals surface area contributed by atoms with Crippen LogP contribution in [0.5, 0.6) is 0 Å². The fourth-order valence-corrected chi connectivity index (χ4v) is 0.988. The Morgan fingerprint density at radius 1 is 1.62 bits per heavy atom. The maximum absolute atomic E-state index is 11.2. The van der Waals surface area contributed by atoms with Gasteiger partial charge in [-0.15, -0.1) is 0 Å². The summed E-state index contributed by atoms with van der Waals surface area (Å²) < 4.78 is 0. The highest BCUT2D eigenvalue weighted by Crippen LogP contribution is 1.97. The molecule has 86 valence electrons. The minimum atomic E-state index is -0.921. The average molecular weight is 222 g/mol. The smallest absolute Gasteiger partial charge is 0.244 e. The van der Waals surface area contributed by atoms with E-state index in [0.717, 1.165) is 5.56 Å². The van der Waals surface area contributed by atoms with Crippen molar-refractivity contribution >= 4 is 12.0 Å². The molecule has 0 saturated heterocycles. The first kappa shape index (κ1) is 12.4. The van der Waals surface area contributed by atoms with Crippen molar-refractivity contribution in [2.75, 3.05) is 13.2 Å². The van der Waals surface area contributed by atoms with Crippen molar-refractivity contribution in [3.63, 3.8) is 0 Å². The normalized spacial score (nSPS) is 12.6. The lowest BCUT2D eigenvalue weighted by atomic mass is 10.2. The number of hydrogen-bond donors (Lipinski definition) is 3. The van der Waals surface area contributed by atoms with E-state index in [2.05, 4.69) is 10.3 Å². The van der Waals surface area contributed by atoms with Gasteiger partial charge in [-0.3, -0.25) is 9.78 Å². The van der Waals surface area contributed by atoms with E-state index in [1.165, 1.54) is 6.08 Å². The summed E-state index contributed by atoms with van der Waals surface area (Å²) in [4.78, 5) is 15.1. The van der Waals surface area contributed by atoms with Crippen LogP contribution < -0.4 is 5.32 Å². The molecule has 3 N–H and O–H groups in total. The van der Waals surface area contributed by atoms with Crippen LogP contribution in [0, 0.1) is 0 Å². The number of carbonyl (C=O) groups is 1. The fraction of sp³-hybridized carbons (Fsp3) is 0.273. The Balaban J connectivity index is 2.37. The molecule has 1 rings (SSSR count). The number of carbonyl (C=O) groups excluding carboxylic acids is 1. The zero-order chi connectivity index (χ0) is 11.8. The SMILES string of the molecule is O=C(/C=C/c1cccnc1)NCC(O)CO. The molecule has 0 aromatic carbocycles. The number of nitrogens with one attached hydrogen (secondary N) is 1. The molecule has 5 heteroatoms. The molecule has 0 aliphatic heterocycles. The number of rotatable bonds is 5. The monoisotopic (exact) mass is 222 g/mol. The molecule has 1 heterocycles. The molecule has 0 aliphatic carbocycles. The molecular formula is C11H14N2O3. The first-order valence-electron chi connectivity index (χ1n) is 4.87. The summed E-state index contributed by atoms with van der Waals surface area (Å²) in [5.41, 5.74) is 0.820. The summed E-state index contributed by atoms with van der Waals surface area (Å²) in [7, 11) is 0. The zero-order valence-electron chi connectivity index (χ0n) is 8.71. The van der Waals surface area contributed by atoms with E-state index in [1.54, 1.807) is 24.5 Å². The topological polar surface area (TPSA) is 82.5 Å². The number of hydrogen-bond acceptors (Lipinski definition) is 4. The van der Waals surface area contributed by atoms with Crippen LogP contribution in [0.15, 0.2) is 30.6 Å². The molecule has 0 saturated carbocycles. The molecule has 0 aliphatic rings. The van der Waals surface area contributed by atoms with E-state index in [-0.39, 0.29) is 19.1 Å². The Labute approximate surface area is 93.5 Å². The minimum absolute atomic E-state index is 0.0344. The van der Waals surface area contributed by atoms with Gasteiger partial charge in [0.1, 0.15) is 0 Å². The van der Waals surface area contributed by atoms with Crippen molar-refractivity contribution in [2.45, 2.75) is 6.10 Å². The average Bonchev–Trinajstić information content (AvgIpc) is 2.34. The molecule has 5 nitrogen and oxygen atoms in total. The molecule has 0 radical (unpaired) electrons. The summed E-state index contributed by atoms with van der Waals surface area (Å²) in [5, 5.41) is 20.0. The van der Waals surface area contributed by atoms with Crippen LogP contribution in [-0.4, -0.2) is 40.4 Å². The Kier molecular flexibility index (Phi) is 5.18. The minimum Gasteiger partial charge on any atom is -0.394 e. The van der Waals surface area contributed by atoms with Crippen LogP contribution in [-0.2, 0) is 4.79 Å². The maximum atomic E-state index is 11.2. The van der Waals surface area contributed by atoms with E-state index in [4.69, 9.17) is 10.2 Å². The molecular weight excluding hydrogens is 208 g/mol. The van der Waals surface area contributed by atoms with Gasteiger partial charge in [0.2, 0.25) is 5.91 Å². The second kappa shape index (κ2) is 6.71. The van der Waals surface area contributed by atoms with Crippen molar-refractivity contribution in [3.05, 3.63) is 36.2 Å². The number of aromatic nitrogens is 1. The third-order valence-electron chi connectivity index (χ3n) is 1.83. The first-order valence-corrected chi connectivity index (χ1v) is 4.87. The second-order valence-corrected chi connectivity index (χ2v) is 3.20. The highest BCUT2D eigenvalue weighted by Gasteiger charge is 2.02. The number of nitrogens with zero attached hydrogens (tertiary/aromatic N) is 1. The molecule has 1 unspecified atom stereocenters. The van der Waals surface area contributed by atoms with Crippen LogP contribution in [0.2, 0.25) is 0 Å². The van der Waals surface area contributed by atoms with Crippen LogP contribution in [0.1, 0.15) is 5.56 Å². The van der Waals surface area contributed by atoms with Gasteiger partial charge in [0, 0.05) is 25.0 Å². The van der Waals surface area contributed by atoms with Gasteiger partial charge in [0.05, 0.1) is 12.7 Å². The van der Waals surface area contributed by atoms with E-state index in [1.807, 2.05) is 6.07 Å². The Bertz CT molecular complexity index is 352. The van der Waals surface area contributed by atoms with E-state index < -0.39 is 6.10 Å². The molecule has 16 heavy (non-hydrogen) atoms. The van der Waals surface area contributed by atoms with Crippen molar-refractivity contribution in [1.29, 1.82) is 0 Å². The van der Waals surface area contributed by atoms with Gasteiger partial charge >= 0.3 is 0 Å². The zero-order valence-corrected chi connectivity index (χ0v) is 8.71. The van der Waals surface area contributed by atoms with Crippen molar-refractivity contribution in [1.82, 2.24) is 10.3 Å². The van der Waals surface area contributed by atoms with Gasteiger partial charge in [-0.25, -0.2) is 0 Å². The highest BCUT2D eigenvalue weighted by molar-refractivity contribution is 5.91. The van der Waals surface area contributed by atoms with Gasteiger partial charge in [-0.2, -0.15) is 0 Å². The Hall–Kier alpha value is -1.72. The van der Waals surface area contributed by atoms with Crippen LogP contribution in [0.4, 0.5) is 0 Å². The number of pyridine rings is 1. The van der Waals surface area contributed by atoms with E-state index >= 15 is 0 Å². The molecule has 1 amide bonds. The lowest BCUT2D eigenvalue weighted by Crippen LogP contribution is -2.32. The Morgan fingerprint density at radius 3 is 3.06 bits per heavy atom. The summed E-state index contributed by atoms with van der Waals surface area (Å²) >= 11 is 0. The van der Waals surface area contributed by atoms with Gasteiger partial charge in [0.25, 0.3) is 0 Å². The quantitative estimate of drug-likeness (QED) is 0.590. The Morgan fingerprint density at radius 2 is 2.44 bits per heavy atom. The third kappa shape index (κ3) is 4.68. The summed E-state index contributed by atoms with van der Waals surface area (Å²) in [6.07, 6.45) is 5.33. The summed E-state index contributed by atoms with van der Waals surface area (Å²) in [5.74, 6) is -0.323. The first-order chi connectivity index (χ1) is 7.72. The molecule has 1 atom stereocenters. The lowest BCUT2D eigenvalue weighted by Gasteiger charge is -2.06. The summed E-state index contributed by atoms with van der Waals surface area (Å²) in [6, 6.07) is 3.59. The molecule has 0 spiro atoms. The molecule has 0 fully saturated rings. The number of amides is 1.